The number of ether oxygens (including phenoxy) is 1. The van der Waals surface area contributed by atoms with Crippen molar-refractivity contribution in [1.82, 2.24) is 5.32 Å². The van der Waals surface area contributed by atoms with Crippen LogP contribution in [0.1, 0.15) is 55.7 Å². The zero-order valence-corrected chi connectivity index (χ0v) is 12.5. The molecular formula is C17H27NO. The Morgan fingerprint density at radius 2 is 1.84 bits per heavy atom. The van der Waals surface area contributed by atoms with E-state index < -0.39 is 0 Å². The summed E-state index contributed by atoms with van der Waals surface area (Å²) in [6.07, 6.45) is 8.31. The van der Waals surface area contributed by atoms with Crippen LogP contribution in [0.3, 0.4) is 0 Å². The van der Waals surface area contributed by atoms with Gasteiger partial charge < -0.3 is 10.1 Å². The van der Waals surface area contributed by atoms with E-state index in [-0.39, 0.29) is 0 Å². The number of methoxy groups -OCH3 is 1. The van der Waals surface area contributed by atoms with Gasteiger partial charge in [0.15, 0.2) is 0 Å². The number of benzene rings is 1. The third-order valence-corrected chi connectivity index (χ3v) is 4.46. The summed E-state index contributed by atoms with van der Waals surface area (Å²) in [6, 6.07) is 7.09. The van der Waals surface area contributed by atoms with E-state index in [9.17, 15) is 0 Å². The minimum atomic E-state index is 0.489. The van der Waals surface area contributed by atoms with E-state index in [4.69, 9.17) is 4.74 Å². The average Bonchev–Trinajstić information content (AvgIpc) is 2.69. The van der Waals surface area contributed by atoms with E-state index in [1.165, 1.54) is 49.7 Å². The summed E-state index contributed by atoms with van der Waals surface area (Å²) < 4.78 is 5.36. The predicted molar refractivity (Wildman–Crippen MR) is 80.7 cm³/mol. The van der Waals surface area contributed by atoms with Crippen LogP contribution >= 0.6 is 0 Å². The zero-order valence-electron chi connectivity index (χ0n) is 12.5. The van der Waals surface area contributed by atoms with Gasteiger partial charge in [0, 0.05) is 6.04 Å². The van der Waals surface area contributed by atoms with Crippen LogP contribution in [0.15, 0.2) is 18.2 Å². The van der Waals surface area contributed by atoms with Gasteiger partial charge in [-0.25, -0.2) is 0 Å². The summed E-state index contributed by atoms with van der Waals surface area (Å²) in [5, 5.41) is 3.54. The Morgan fingerprint density at radius 3 is 2.37 bits per heavy atom. The molecule has 2 rings (SSSR count). The largest absolute Gasteiger partial charge is 0.496 e. The van der Waals surface area contributed by atoms with E-state index in [0.717, 1.165) is 11.7 Å². The van der Waals surface area contributed by atoms with E-state index in [0.29, 0.717) is 6.04 Å². The van der Waals surface area contributed by atoms with Crippen molar-refractivity contribution in [1.29, 1.82) is 0 Å². The Labute approximate surface area is 117 Å². The molecule has 0 heterocycles. The second-order valence-electron chi connectivity index (χ2n) is 5.75. The van der Waals surface area contributed by atoms with Crippen molar-refractivity contribution in [3.8, 4) is 5.75 Å². The fourth-order valence-electron chi connectivity index (χ4n) is 3.41. The Hall–Kier alpha value is -1.02. The molecule has 0 saturated heterocycles. The summed E-state index contributed by atoms with van der Waals surface area (Å²) in [7, 11) is 3.83. The quantitative estimate of drug-likeness (QED) is 0.819. The third kappa shape index (κ3) is 3.50. The van der Waals surface area contributed by atoms with E-state index >= 15 is 0 Å². The van der Waals surface area contributed by atoms with Gasteiger partial charge in [0.25, 0.3) is 0 Å². The van der Waals surface area contributed by atoms with Crippen LogP contribution in [0, 0.1) is 12.8 Å². The first-order chi connectivity index (χ1) is 9.26. The van der Waals surface area contributed by atoms with Crippen molar-refractivity contribution in [2.75, 3.05) is 14.2 Å². The van der Waals surface area contributed by atoms with Gasteiger partial charge in [-0.3, -0.25) is 0 Å². The minimum absolute atomic E-state index is 0.489. The first-order valence-corrected chi connectivity index (χ1v) is 7.58. The lowest BCUT2D eigenvalue weighted by Gasteiger charge is -2.27. The predicted octanol–water partition coefficient (Wildman–Crippen LogP) is 4.23. The number of nitrogens with one attached hydrogen (secondary N) is 1. The molecule has 2 heteroatoms. The summed E-state index contributed by atoms with van der Waals surface area (Å²) >= 11 is 0. The number of aryl methyl sites for hydroxylation is 1. The number of hydrogen-bond donors (Lipinski definition) is 1. The molecule has 0 aliphatic heterocycles. The first-order valence-electron chi connectivity index (χ1n) is 7.58. The Bertz CT molecular complexity index is 394. The second kappa shape index (κ2) is 6.95. The van der Waals surface area contributed by atoms with Crippen molar-refractivity contribution in [2.45, 2.75) is 51.5 Å². The molecular weight excluding hydrogens is 234 g/mol. The van der Waals surface area contributed by atoms with Crippen LogP contribution in [0.4, 0.5) is 0 Å². The maximum atomic E-state index is 5.36. The molecule has 106 valence electrons. The maximum absolute atomic E-state index is 5.36. The van der Waals surface area contributed by atoms with Gasteiger partial charge in [0.2, 0.25) is 0 Å². The van der Waals surface area contributed by atoms with Crippen LogP contribution in [0.25, 0.3) is 0 Å². The van der Waals surface area contributed by atoms with Gasteiger partial charge in [0.1, 0.15) is 5.75 Å². The van der Waals surface area contributed by atoms with Gasteiger partial charge in [-0.05, 0) is 49.9 Å². The van der Waals surface area contributed by atoms with E-state index in [1.807, 2.05) is 0 Å². The monoisotopic (exact) mass is 261 g/mol. The summed E-state index contributed by atoms with van der Waals surface area (Å²) in [4.78, 5) is 0. The molecule has 1 fully saturated rings. The third-order valence-electron chi connectivity index (χ3n) is 4.46. The lowest BCUT2D eigenvalue weighted by atomic mass is 9.86. The van der Waals surface area contributed by atoms with E-state index in [1.54, 1.807) is 7.11 Å². The highest BCUT2D eigenvalue weighted by molar-refractivity contribution is 5.37. The van der Waals surface area contributed by atoms with Crippen molar-refractivity contribution >= 4 is 0 Å². The lowest BCUT2D eigenvalue weighted by molar-refractivity contribution is 0.341. The SMILES string of the molecule is CNC(c1ccc(OC)c(C)c1)C1CCCCCC1. The molecule has 0 radical (unpaired) electrons. The topological polar surface area (TPSA) is 21.3 Å². The highest BCUT2D eigenvalue weighted by Crippen LogP contribution is 2.34. The van der Waals surface area contributed by atoms with E-state index in [2.05, 4.69) is 37.5 Å². The van der Waals surface area contributed by atoms with Crippen molar-refractivity contribution in [2.24, 2.45) is 5.92 Å². The van der Waals surface area contributed by atoms with Gasteiger partial charge in [-0.1, -0.05) is 37.8 Å². The highest BCUT2D eigenvalue weighted by Gasteiger charge is 2.23. The molecule has 1 aromatic rings. The molecule has 1 unspecified atom stereocenters. The summed E-state index contributed by atoms with van der Waals surface area (Å²) in [5.74, 6) is 1.76. The maximum Gasteiger partial charge on any atom is 0.121 e. The standard InChI is InChI=1S/C17H27NO/c1-13-12-15(10-11-16(13)19-3)17(18-2)14-8-6-4-5-7-9-14/h10-12,14,17-18H,4-9H2,1-3H3. The molecule has 19 heavy (non-hydrogen) atoms. The fourth-order valence-corrected chi connectivity index (χ4v) is 3.41. The molecule has 1 aromatic carbocycles. The fraction of sp³-hybridized carbons (Fsp3) is 0.647. The van der Waals surface area contributed by atoms with Crippen LogP contribution in [-0.4, -0.2) is 14.2 Å². The normalized spacial score (nSPS) is 18.9. The minimum Gasteiger partial charge on any atom is -0.496 e. The molecule has 1 saturated carbocycles. The molecule has 1 aliphatic rings. The molecule has 0 amide bonds. The smallest absolute Gasteiger partial charge is 0.121 e. The van der Waals surface area contributed by atoms with Gasteiger partial charge >= 0.3 is 0 Å². The van der Waals surface area contributed by atoms with Crippen LogP contribution in [0.5, 0.6) is 5.75 Å². The molecule has 2 nitrogen and oxygen atoms in total. The van der Waals surface area contributed by atoms with Crippen molar-refractivity contribution < 1.29 is 4.74 Å². The van der Waals surface area contributed by atoms with Crippen LogP contribution in [-0.2, 0) is 0 Å². The van der Waals surface area contributed by atoms with Gasteiger partial charge in [0.05, 0.1) is 7.11 Å². The zero-order chi connectivity index (χ0) is 13.7. The molecule has 1 atom stereocenters. The van der Waals surface area contributed by atoms with Crippen LogP contribution in [0.2, 0.25) is 0 Å². The first kappa shape index (κ1) is 14.4. The second-order valence-corrected chi connectivity index (χ2v) is 5.75. The molecule has 1 N–H and O–H groups in total. The molecule has 1 aliphatic carbocycles. The number of hydrogen-bond acceptors (Lipinski definition) is 2. The summed E-state index contributed by atoms with van der Waals surface area (Å²) in [5.41, 5.74) is 2.64. The molecule has 0 aromatic heterocycles. The molecule has 0 spiro atoms. The Morgan fingerprint density at radius 1 is 1.16 bits per heavy atom. The Balaban J connectivity index is 2.18. The Kier molecular flexibility index (Phi) is 5.26. The summed E-state index contributed by atoms with van der Waals surface area (Å²) in [6.45, 7) is 2.13. The lowest BCUT2D eigenvalue weighted by Crippen LogP contribution is -2.25. The highest BCUT2D eigenvalue weighted by atomic mass is 16.5. The average molecular weight is 261 g/mol. The molecule has 0 bridgehead atoms. The van der Waals surface area contributed by atoms with Gasteiger partial charge in [-0.2, -0.15) is 0 Å². The van der Waals surface area contributed by atoms with Crippen LogP contribution < -0.4 is 10.1 Å². The van der Waals surface area contributed by atoms with Gasteiger partial charge in [-0.15, -0.1) is 0 Å². The van der Waals surface area contributed by atoms with Crippen molar-refractivity contribution in [3.05, 3.63) is 29.3 Å². The van der Waals surface area contributed by atoms with Crippen molar-refractivity contribution in [3.63, 3.8) is 0 Å². The number of rotatable bonds is 4.